The van der Waals surface area contributed by atoms with Crippen molar-refractivity contribution in [3.05, 3.63) is 71.3 Å². The van der Waals surface area contributed by atoms with Crippen LogP contribution in [0.1, 0.15) is 29.0 Å². The summed E-state index contributed by atoms with van der Waals surface area (Å²) in [6.45, 7) is 3.11. The Hall–Kier alpha value is -1.64. The van der Waals surface area contributed by atoms with Gasteiger partial charge in [-0.15, -0.1) is 0 Å². The summed E-state index contributed by atoms with van der Waals surface area (Å²) in [6.07, 6.45) is 2.24. The molecule has 0 saturated carbocycles. The number of likely N-dealkylation sites (tertiary alicyclic amines) is 1. The van der Waals surface area contributed by atoms with E-state index in [1.807, 2.05) is 0 Å². The molecular weight excluding hydrogens is 256 g/mol. The van der Waals surface area contributed by atoms with Gasteiger partial charge in [-0.25, -0.2) is 0 Å². The van der Waals surface area contributed by atoms with Gasteiger partial charge in [0.2, 0.25) is 0 Å². The van der Waals surface area contributed by atoms with E-state index in [0.29, 0.717) is 5.92 Å². The normalized spacial score (nSPS) is 28.1. The summed E-state index contributed by atoms with van der Waals surface area (Å²) in [7, 11) is 0. The topological polar surface area (TPSA) is 29.3 Å². The zero-order chi connectivity index (χ0) is 14.3. The summed E-state index contributed by atoms with van der Waals surface area (Å²) in [5, 5.41) is 0. The van der Waals surface area contributed by atoms with Crippen molar-refractivity contribution in [2.24, 2.45) is 5.73 Å². The number of aryl methyl sites for hydroxylation is 1. The van der Waals surface area contributed by atoms with E-state index in [-0.39, 0.29) is 5.54 Å². The maximum Gasteiger partial charge on any atom is 0.0368 e. The first-order valence-corrected chi connectivity index (χ1v) is 7.88. The predicted octanol–water partition coefficient (Wildman–Crippen LogP) is 2.93. The maximum atomic E-state index is 6.78. The molecule has 2 aromatic rings. The molecule has 0 bridgehead atoms. The van der Waals surface area contributed by atoms with Crippen LogP contribution in [-0.4, -0.2) is 23.5 Å². The summed E-state index contributed by atoms with van der Waals surface area (Å²) in [5.74, 6) is 0.492. The number of nitrogens with zero attached hydrogens (tertiary/aromatic N) is 1. The highest BCUT2D eigenvalue weighted by Gasteiger charge is 2.46. The third-order valence-electron chi connectivity index (χ3n) is 5.19. The van der Waals surface area contributed by atoms with Gasteiger partial charge in [0, 0.05) is 31.1 Å². The minimum Gasteiger partial charge on any atom is -0.323 e. The van der Waals surface area contributed by atoms with Crippen LogP contribution in [0.4, 0.5) is 0 Å². The van der Waals surface area contributed by atoms with Crippen molar-refractivity contribution in [1.29, 1.82) is 0 Å². The fourth-order valence-corrected chi connectivity index (χ4v) is 4.12. The molecule has 4 rings (SSSR count). The van der Waals surface area contributed by atoms with E-state index in [1.165, 1.54) is 16.7 Å². The second-order valence-corrected chi connectivity index (χ2v) is 6.64. The fraction of sp³-hybridized carbons (Fsp3) is 0.368. The molecule has 1 aliphatic heterocycles. The number of benzene rings is 2. The van der Waals surface area contributed by atoms with Crippen molar-refractivity contribution in [3.8, 4) is 0 Å². The maximum absolute atomic E-state index is 6.78. The molecule has 1 heterocycles. The first-order valence-electron chi connectivity index (χ1n) is 7.88. The van der Waals surface area contributed by atoms with Crippen molar-refractivity contribution < 1.29 is 0 Å². The molecule has 0 radical (unpaired) electrons. The Morgan fingerprint density at radius 2 is 1.81 bits per heavy atom. The second-order valence-electron chi connectivity index (χ2n) is 6.64. The zero-order valence-corrected chi connectivity index (χ0v) is 12.3. The van der Waals surface area contributed by atoms with Crippen LogP contribution in [0.5, 0.6) is 0 Å². The molecule has 0 unspecified atom stereocenters. The molecular formula is C19H22N2. The van der Waals surface area contributed by atoms with E-state index in [1.54, 1.807) is 0 Å². The van der Waals surface area contributed by atoms with Crippen LogP contribution in [0.15, 0.2) is 54.6 Å². The van der Waals surface area contributed by atoms with Gasteiger partial charge in [-0.3, -0.25) is 4.90 Å². The van der Waals surface area contributed by atoms with Crippen molar-refractivity contribution in [1.82, 2.24) is 4.90 Å². The molecule has 1 fully saturated rings. The van der Waals surface area contributed by atoms with E-state index >= 15 is 0 Å². The minimum absolute atomic E-state index is 0.0386. The Kier molecular flexibility index (Phi) is 3.09. The zero-order valence-electron chi connectivity index (χ0n) is 12.3. The molecule has 1 aliphatic carbocycles. The van der Waals surface area contributed by atoms with Crippen LogP contribution in [0, 0.1) is 0 Å². The van der Waals surface area contributed by atoms with E-state index in [0.717, 1.165) is 32.5 Å². The van der Waals surface area contributed by atoms with Crippen LogP contribution < -0.4 is 5.73 Å². The average molecular weight is 278 g/mol. The van der Waals surface area contributed by atoms with Crippen LogP contribution in [0.2, 0.25) is 0 Å². The predicted molar refractivity (Wildman–Crippen MR) is 86.1 cm³/mol. The average Bonchev–Trinajstić information content (AvgIpc) is 2.85. The molecule has 21 heavy (non-hydrogen) atoms. The molecule has 2 atom stereocenters. The Morgan fingerprint density at radius 3 is 2.67 bits per heavy atom. The summed E-state index contributed by atoms with van der Waals surface area (Å²) < 4.78 is 0. The molecule has 2 aliphatic rings. The summed E-state index contributed by atoms with van der Waals surface area (Å²) in [4.78, 5) is 2.53. The number of rotatable bonds is 2. The number of nitrogens with two attached hydrogens (primary N) is 1. The Balaban J connectivity index is 1.59. The van der Waals surface area contributed by atoms with Crippen LogP contribution in [-0.2, 0) is 13.0 Å². The van der Waals surface area contributed by atoms with Crippen molar-refractivity contribution >= 4 is 0 Å². The largest absolute Gasteiger partial charge is 0.323 e. The number of hydrogen-bond acceptors (Lipinski definition) is 2. The van der Waals surface area contributed by atoms with Gasteiger partial charge in [0.05, 0.1) is 0 Å². The third-order valence-corrected chi connectivity index (χ3v) is 5.19. The van der Waals surface area contributed by atoms with E-state index in [4.69, 9.17) is 5.73 Å². The molecule has 0 aromatic heterocycles. The lowest BCUT2D eigenvalue weighted by atomic mass is 9.72. The highest BCUT2D eigenvalue weighted by atomic mass is 15.2. The SMILES string of the molecule is N[C@@]12CCc3ccccc3[C@@H]1CN(Cc1ccccc1)C2. The fourth-order valence-electron chi connectivity index (χ4n) is 4.12. The summed E-state index contributed by atoms with van der Waals surface area (Å²) in [5.41, 5.74) is 11.1. The van der Waals surface area contributed by atoms with E-state index in [9.17, 15) is 0 Å². The molecule has 2 heteroatoms. The lowest BCUT2D eigenvalue weighted by Crippen LogP contribution is -2.49. The van der Waals surface area contributed by atoms with Crippen LogP contribution in [0.25, 0.3) is 0 Å². The second kappa shape index (κ2) is 4.97. The molecule has 108 valence electrons. The third kappa shape index (κ3) is 2.29. The monoisotopic (exact) mass is 278 g/mol. The van der Waals surface area contributed by atoms with E-state index in [2.05, 4.69) is 59.5 Å². The number of hydrogen-bond donors (Lipinski definition) is 1. The van der Waals surface area contributed by atoms with Gasteiger partial charge in [0.25, 0.3) is 0 Å². The van der Waals surface area contributed by atoms with Gasteiger partial charge in [-0.1, -0.05) is 54.6 Å². The first-order chi connectivity index (χ1) is 10.2. The smallest absolute Gasteiger partial charge is 0.0368 e. The molecule has 1 saturated heterocycles. The van der Waals surface area contributed by atoms with Gasteiger partial charge in [0.1, 0.15) is 0 Å². The quantitative estimate of drug-likeness (QED) is 0.915. The Morgan fingerprint density at radius 1 is 1.05 bits per heavy atom. The summed E-state index contributed by atoms with van der Waals surface area (Å²) in [6, 6.07) is 19.6. The van der Waals surface area contributed by atoms with Crippen LogP contribution in [0.3, 0.4) is 0 Å². The number of fused-ring (bicyclic) bond motifs is 3. The summed E-state index contributed by atoms with van der Waals surface area (Å²) >= 11 is 0. The molecule has 2 aromatic carbocycles. The van der Waals surface area contributed by atoms with Gasteiger partial charge >= 0.3 is 0 Å². The van der Waals surface area contributed by atoms with Crippen molar-refractivity contribution in [2.75, 3.05) is 13.1 Å². The molecule has 0 spiro atoms. The minimum atomic E-state index is -0.0386. The molecule has 0 amide bonds. The van der Waals surface area contributed by atoms with E-state index < -0.39 is 0 Å². The first kappa shape index (κ1) is 13.1. The standard InChI is InChI=1S/C19H22N2/c20-19-11-10-16-8-4-5-9-17(16)18(19)13-21(14-19)12-15-6-2-1-3-7-15/h1-9,18H,10-14,20H2/t18-,19+/m0/s1. The highest BCUT2D eigenvalue weighted by Crippen LogP contribution is 2.43. The van der Waals surface area contributed by atoms with Gasteiger partial charge in [0.15, 0.2) is 0 Å². The lowest BCUT2D eigenvalue weighted by Gasteiger charge is -2.36. The van der Waals surface area contributed by atoms with Crippen molar-refractivity contribution in [2.45, 2.75) is 30.8 Å². The highest BCUT2D eigenvalue weighted by molar-refractivity contribution is 5.38. The molecule has 2 N–H and O–H groups in total. The van der Waals surface area contributed by atoms with Crippen molar-refractivity contribution in [3.63, 3.8) is 0 Å². The van der Waals surface area contributed by atoms with Gasteiger partial charge < -0.3 is 5.73 Å². The van der Waals surface area contributed by atoms with Gasteiger partial charge in [-0.2, -0.15) is 0 Å². The van der Waals surface area contributed by atoms with Gasteiger partial charge in [-0.05, 0) is 29.5 Å². The Labute approximate surface area is 126 Å². The lowest BCUT2D eigenvalue weighted by molar-refractivity contribution is 0.294. The van der Waals surface area contributed by atoms with Crippen LogP contribution >= 0.6 is 0 Å². The molecule has 2 nitrogen and oxygen atoms in total. The Bertz CT molecular complexity index is 637.